The van der Waals surface area contributed by atoms with Crippen LogP contribution in [0.5, 0.6) is 0 Å². The number of hydrogen-bond donors (Lipinski definition) is 2. The molecular formula is C23H28N6O3. The zero-order valence-corrected chi connectivity index (χ0v) is 18.9. The average molecular weight is 437 g/mol. The maximum Gasteiger partial charge on any atom is 0.322 e. The van der Waals surface area contributed by atoms with Gasteiger partial charge in [0.15, 0.2) is 5.82 Å². The molecule has 2 N–H and O–H groups in total. The zero-order valence-electron chi connectivity index (χ0n) is 18.9. The van der Waals surface area contributed by atoms with Gasteiger partial charge in [-0.25, -0.2) is 4.79 Å². The summed E-state index contributed by atoms with van der Waals surface area (Å²) in [6.07, 6.45) is 0.417. The van der Waals surface area contributed by atoms with E-state index in [-0.39, 0.29) is 11.8 Å². The number of hydrogen-bond acceptors (Lipinski definition) is 6. The molecule has 9 nitrogen and oxygen atoms in total. The SMILES string of the molecule is CCC1(c2ccc(C(=O)N3CCN(c4nnc(C)c(C)c4C)CC3)cc2)NC(=O)NC1=O. The van der Waals surface area contributed by atoms with Gasteiger partial charge in [-0.2, -0.15) is 5.10 Å². The maximum atomic E-state index is 13.0. The molecule has 4 amide bonds. The van der Waals surface area contributed by atoms with Crippen molar-refractivity contribution in [3.05, 3.63) is 52.2 Å². The van der Waals surface area contributed by atoms with E-state index in [0.717, 1.165) is 22.6 Å². The van der Waals surface area contributed by atoms with Crippen LogP contribution in [0.4, 0.5) is 10.6 Å². The molecule has 9 heteroatoms. The van der Waals surface area contributed by atoms with Crippen LogP contribution in [0.1, 0.15) is 46.1 Å². The smallest absolute Gasteiger partial charge is 0.322 e. The van der Waals surface area contributed by atoms with Crippen molar-refractivity contribution in [1.29, 1.82) is 0 Å². The van der Waals surface area contributed by atoms with Crippen LogP contribution in [0, 0.1) is 20.8 Å². The Hall–Kier alpha value is -3.49. The van der Waals surface area contributed by atoms with Gasteiger partial charge in [0, 0.05) is 31.7 Å². The van der Waals surface area contributed by atoms with Crippen molar-refractivity contribution in [3.8, 4) is 0 Å². The van der Waals surface area contributed by atoms with Crippen molar-refractivity contribution in [1.82, 2.24) is 25.7 Å². The van der Waals surface area contributed by atoms with Gasteiger partial charge in [0.2, 0.25) is 0 Å². The van der Waals surface area contributed by atoms with Crippen LogP contribution in [0.2, 0.25) is 0 Å². The quantitative estimate of drug-likeness (QED) is 0.708. The number of aryl methyl sites for hydroxylation is 1. The number of nitrogens with one attached hydrogen (secondary N) is 2. The molecule has 2 aliphatic rings. The van der Waals surface area contributed by atoms with Gasteiger partial charge in [-0.15, -0.1) is 5.10 Å². The number of aromatic nitrogens is 2. The molecule has 1 unspecified atom stereocenters. The lowest BCUT2D eigenvalue weighted by atomic mass is 9.87. The van der Waals surface area contributed by atoms with Crippen LogP contribution in [0.25, 0.3) is 0 Å². The van der Waals surface area contributed by atoms with Gasteiger partial charge in [0.25, 0.3) is 11.8 Å². The molecule has 0 bridgehead atoms. The first-order valence-electron chi connectivity index (χ1n) is 10.9. The molecule has 1 atom stereocenters. The number of nitrogens with zero attached hydrogens (tertiary/aromatic N) is 4. The first-order valence-corrected chi connectivity index (χ1v) is 10.9. The first-order chi connectivity index (χ1) is 15.3. The van der Waals surface area contributed by atoms with E-state index in [1.54, 1.807) is 24.3 Å². The van der Waals surface area contributed by atoms with Gasteiger partial charge in [-0.3, -0.25) is 14.9 Å². The highest BCUT2D eigenvalue weighted by Gasteiger charge is 2.46. The summed E-state index contributed by atoms with van der Waals surface area (Å²) in [5, 5.41) is 13.6. The second-order valence-electron chi connectivity index (χ2n) is 8.38. The average Bonchev–Trinajstić information content (AvgIpc) is 3.11. The molecule has 2 fully saturated rings. The predicted octanol–water partition coefficient (Wildman–Crippen LogP) is 1.81. The number of amides is 4. The number of imide groups is 1. The summed E-state index contributed by atoms with van der Waals surface area (Å²) < 4.78 is 0. The first kappa shape index (κ1) is 21.7. The molecular weight excluding hydrogens is 408 g/mol. The monoisotopic (exact) mass is 436 g/mol. The van der Waals surface area contributed by atoms with E-state index < -0.39 is 11.6 Å². The molecule has 0 spiro atoms. The van der Waals surface area contributed by atoms with Crippen LogP contribution in [-0.4, -0.2) is 59.1 Å². The highest BCUT2D eigenvalue weighted by atomic mass is 16.2. The Morgan fingerprint density at radius 2 is 1.66 bits per heavy atom. The fourth-order valence-electron chi connectivity index (χ4n) is 4.36. The molecule has 2 aliphatic heterocycles. The van der Waals surface area contributed by atoms with Crippen LogP contribution >= 0.6 is 0 Å². The van der Waals surface area contributed by atoms with Crippen molar-refractivity contribution in [2.45, 2.75) is 39.7 Å². The molecule has 168 valence electrons. The fraction of sp³-hybridized carbons (Fsp3) is 0.435. The Bertz CT molecular complexity index is 1080. The highest BCUT2D eigenvalue weighted by molar-refractivity contribution is 6.07. The van der Waals surface area contributed by atoms with E-state index in [0.29, 0.717) is 43.7 Å². The molecule has 3 heterocycles. The van der Waals surface area contributed by atoms with E-state index in [4.69, 9.17) is 0 Å². The lowest BCUT2D eigenvalue weighted by molar-refractivity contribution is -0.124. The molecule has 4 rings (SSSR count). The second-order valence-corrected chi connectivity index (χ2v) is 8.38. The number of carbonyl (C=O) groups is 3. The van der Waals surface area contributed by atoms with Gasteiger partial charge >= 0.3 is 6.03 Å². The van der Waals surface area contributed by atoms with E-state index in [1.807, 2.05) is 18.7 Å². The van der Waals surface area contributed by atoms with Gasteiger partial charge in [0.1, 0.15) is 5.54 Å². The molecule has 2 aromatic rings. The standard InChI is InChI=1S/C23H28N6O3/c1-5-23(21(31)24-22(32)25-23)18-8-6-17(7-9-18)20(30)29-12-10-28(11-13-29)19-15(3)14(2)16(4)26-27-19/h6-9H,5,10-13H2,1-4H3,(H2,24,25,31,32). The van der Waals surface area contributed by atoms with Gasteiger partial charge < -0.3 is 15.1 Å². The van der Waals surface area contributed by atoms with Crippen molar-refractivity contribution < 1.29 is 14.4 Å². The Balaban J connectivity index is 1.44. The van der Waals surface area contributed by atoms with Gasteiger partial charge in [-0.05, 0) is 56.0 Å². The molecule has 0 aliphatic carbocycles. The zero-order chi connectivity index (χ0) is 23.0. The molecule has 1 aromatic heterocycles. The fourth-order valence-corrected chi connectivity index (χ4v) is 4.36. The summed E-state index contributed by atoms with van der Waals surface area (Å²) >= 11 is 0. The van der Waals surface area contributed by atoms with Crippen LogP contribution in [0.3, 0.4) is 0 Å². The Labute approximate surface area is 187 Å². The molecule has 0 saturated carbocycles. The van der Waals surface area contributed by atoms with Crippen molar-refractivity contribution in [2.24, 2.45) is 0 Å². The summed E-state index contributed by atoms with van der Waals surface area (Å²) in [6.45, 7) is 10.5. The third-order valence-corrected chi connectivity index (χ3v) is 6.70. The minimum Gasteiger partial charge on any atom is -0.351 e. The largest absolute Gasteiger partial charge is 0.351 e. The van der Waals surface area contributed by atoms with Crippen molar-refractivity contribution in [2.75, 3.05) is 31.1 Å². The Kier molecular flexibility index (Phi) is 5.58. The van der Waals surface area contributed by atoms with E-state index in [1.165, 1.54) is 0 Å². The summed E-state index contributed by atoms with van der Waals surface area (Å²) in [7, 11) is 0. The lowest BCUT2D eigenvalue weighted by Gasteiger charge is -2.36. The summed E-state index contributed by atoms with van der Waals surface area (Å²) in [6, 6.07) is 6.42. The lowest BCUT2D eigenvalue weighted by Crippen LogP contribution is -2.49. The van der Waals surface area contributed by atoms with Gasteiger partial charge in [-0.1, -0.05) is 19.1 Å². The van der Waals surface area contributed by atoms with Crippen LogP contribution in [0.15, 0.2) is 24.3 Å². The van der Waals surface area contributed by atoms with E-state index >= 15 is 0 Å². The number of benzene rings is 1. The maximum absolute atomic E-state index is 13.0. The topological polar surface area (TPSA) is 108 Å². The highest BCUT2D eigenvalue weighted by Crippen LogP contribution is 2.29. The molecule has 1 aromatic carbocycles. The van der Waals surface area contributed by atoms with E-state index in [2.05, 4.69) is 39.6 Å². The van der Waals surface area contributed by atoms with Crippen LogP contribution < -0.4 is 15.5 Å². The van der Waals surface area contributed by atoms with Crippen molar-refractivity contribution >= 4 is 23.7 Å². The number of rotatable bonds is 4. The van der Waals surface area contributed by atoms with Crippen molar-refractivity contribution in [3.63, 3.8) is 0 Å². The summed E-state index contributed by atoms with van der Waals surface area (Å²) in [5.41, 5.74) is 3.33. The number of urea groups is 1. The molecule has 32 heavy (non-hydrogen) atoms. The second kappa shape index (κ2) is 8.22. The summed E-state index contributed by atoms with van der Waals surface area (Å²) in [4.78, 5) is 41.0. The normalized spacial score (nSPS) is 20.9. The molecule has 0 radical (unpaired) electrons. The number of carbonyl (C=O) groups excluding carboxylic acids is 3. The minimum absolute atomic E-state index is 0.0513. The molecule has 2 saturated heterocycles. The van der Waals surface area contributed by atoms with Crippen LogP contribution in [-0.2, 0) is 10.3 Å². The summed E-state index contributed by atoms with van der Waals surface area (Å²) in [5.74, 6) is 0.459. The Morgan fingerprint density at radius 1 is 1.00 bits per heavy atom. The third kappa shape index (κ3) is 3.57. The minimum atomic E-state index is -1.09. The Morgan fingerprint density at radius 3 is 2.22 bits per heavy atom. The van der Waals surface area contributed by atoms with E-state index in [9.17, 15) is 14.4 Å². The number of anilines is 1. The third-order valence-electron chi connectivity index (χ3n) is 6.70. The number of piperazine rings is 1. The predicted molar refractivity (Wildman–Crippen MR) is 119 cm³/mol. The van der Waals surface area contributed by atoms with Gasteiger partial charge in [0.05, 0.1) is 5.69 Å².